The first-order chi connectivity index (χ1) is 5.79. The average Bonchev–Trinajstić information content (AvgIpc) is 2.05. The molecule has 0 amide bonds. The van der Waals surface area contributed by atoms with Crippen LogP contribution < -0.4 is 5.32 Å². The second-order valence-corrected chi connectivity index (χ2v) is 3.30. The Morgan fingerprint density at radius 1 is 1.50 bits per heavy atom. The lowest BCUT2D eigenvalue weighted by Gasteiger charge is -2.26. The number of hydrogen-bond donors (Lipinski definition) is 2. The van der Waals surface area contributed by atoms with E-state index in [1.54, 1.807) is 0 Å². The minimum atomic E-state index is -2.11. The van der Waals surface area contributed by atoms with Crippen molar-refractivity contribution in [2.45, 2.75) is 0 Å². The molecule has 6 heteroatoms. The Hall–Kier alpha value is -0.0100. The molecule has 12 heavy (non-hydrogen) atoms. The largest absolute Gasteiger partial charge is 0.314 e. The van der Waals surface area contributed by atoms with Crippen LogP contribution in [0, 0.1) is 0 Å². The van der Waals surface area contributed by atoms with Gasteiger partial charge in [0.15, 0.2) is 0 Å². The molecule has 72 valence electrons. The molecule has 0 aromatic rings. The highest BCUT2D eigenvalue weighted by molar-refractivity contribution is 7.74. The average molecular weight is 194 g/mol. The van der Waals surface area contributed by atoms with Crippen molar-refractivity contribution in [3.8, 4) is 0 Å². The molecule has 0 bridgehead atoms. The first-order valence-electron chi connectivity index (χ1n) is 3.96. The van der Waals surface area contributed by atoms with Crippen LogP contribution in [0.5, 0.6) is 0 Å². The van der Waals surface area contributed by atoms with Gasteiger partial charge in [-0.1, -0.05) is 0 Å². The summed E-state index contributed by atoms with van der Waals surface area (Å²) in [5.41, 5.74) is 0. The Bertz CT molecular complexity index is 150. The maximum absolute atomic E-state index is 10.1. The number of piperazine rings is 1. The summed E-state index contributed by atoms with van der Waals surface area (Å²) in [5.74, 6) is 0. The van der Waals surface area contributed by atoms with Gasteiger partial charge in [-0.2, -0.15) is 4.21 Å². The SMILES string of the molecule is O=S(O)OCCN1CCNCC1. The second kappa shape index (κ2) is 5.60. The van der Waals surface area contributed by atoms with Crippen molar-refractivity contribution < 1.29 is 12.9 Å². The molecule has 1 rings (SSSR count). The lowest BCUT2D eigenvalue weighted by molar-refractivity contribution is 0.192. The van der Waals surface area contributed by atoms with Gasteiger partial charge in [-0.3, -0.25) is 13.6 Å². The maximum atomic E-state index is 10.1. The van der Waals surface area contributed by atoms with Gasteiger partial charge >= 0.3 is 11.4 Å². The third kappa shape index (κ3) is 4.13. The van der Waals surface area contributed by atoms with Gasteiger partial charge < -0.3 is 5.32 Å². The summed E-state index contributed by atoms with van der Waals surface area (Å²) < 4.78 is 22.9. The Balaban J connectivity index is 2.01. The number of hydrogen-bond acceptors (Lipinski definition) is 4. The van der Waals surface area contributed by atoms with Crippen molar-refractivity contribution in [2.75, 3.05) is 39.3 Å². The minimum absolute atomic E-state index is 0.323. The predicted molar refractivity (Wildman–Crippen MR) is 46.0 cm³/mol. The van der Waals surface area contributed by atoms with E-state index in [1.165, 1.54) is 0 Å². The topological polar surface area (TPSA) is 61.8 Å². The molecule has 2 N–H and O–H groups in total. The Kier molecular flexibility index (Phi) is 4.70. The van der Waals surface area contributed by atoms with Gasteiger partial charge in [-0.25, -0.2) is 0 Å². The lowest BCUT2D eigenvalue weighted by Crippen LogP contribution is -2.44. The minimum Gasteiger partial charge on any atom is -0.314 e. The number of rotatable bonds is 4. The zero-order valence-electron chi connectivity index (χ0n) is 6.86. The predicted octanol–water partition coefficient (Wildman–Crippen LogP) is -0.955. The summed E-state index contributed by atoms with van der Waals surface area (Å²) in [6.07, 6.45) is 0. The monoisotopic (exact) mass is 194 g/mol. The van der Waals surface area contributed by atoms with Crippen LogP contribution in [0.1, 0.15) is 0 Å². The molecule has 1 heterocycles. The first-order valence-corrected chi connectivity index (χ1v) is 4.99. The molecule has 0 aliphatic carbocycles. The second-order valence-electron chi connectivity index (χ2n) is 2.63. The first kappa shape index (κ1) is 10.1. The third-order valence-corrected chi connectivity index (χ3v) is 2.17. The molecule has 1 fully saturated rings. The smallest absolute Gasteiger partial charge is 0.301 e. The van der Waals surface area contributed by atoms with Crippen LogP contribution >= 0.6 is 0 Å². The highest BCUT2D eigenvalue weighted by Gasteiger charge is 2.08. The summed E-state index contributed by atoms with van der Waals surface area (Å²) in [5, 5.41) is 3.22. The van der Waals surface area contributed by atoms with Gasteiger partial charge in [0.1, 0.15) is 0 Å². The Labute approximate surface area is 74.6 Å². The van der Waals surface area contributed by atoms with E-state index >= 15 is 0 Å². The standard InChI is InChI=1S/C6H14N2O3S/c9-12(10)11-6-5-8-3-1-7-2-4-8/h7H,1-6H2,(H,9,10). The molecule has 0 aromatic carbocycles. The molecule has 1 unspecified atom stereocenters. The summed E-state index contributed by atoms with van der Waals surface area (Å²) in [6.45, 7) is 5.00. The summed E-state index contributed by atoms with van der Waals surface area (Å²) in [6, 6.07) is 0. The van der Waals surface area contributed by atoms with Crippen LogP contribution in [-0.4, -0.2) is 53.0 Å². The fraction of sp³-hybridized carbons (Fsp3) is 1.00. The van der Waals surface area contributed by atoms with Crippen molar-refractivity contribution in [3.63, 3.8) is 0 Å². The molecule has 0 radical (unpaired) electrons. The van der Waals surface area contributed by atoms with Crippen LogP contribution in [0.15, 0.2) is 0 Å². The van der Waals surface area contributed by atoms with Crippen molar-refractivity contribution in [2.24, 2.45) is 0 Å². The molecule has 1 aliphatic heterocycles. The molecule has 0 spiro atoms. The zero-order valence-corrected chi connectivity index (χ0v) is 7.68. The molecule has 1 aliphatic rings. The Morgan fingerprint density at radius 2 is 2.17 bits per heavy atom. The molecule has 0 saturated carbocycles. The third-order valence-electron chi connectivity index (χ3n) is 1.80. The van der Waals surface area contributed by atoms with Crippen molar-refractivity contribution in [3.05, 3.63) is 0 Å². The molecule has 0 aromatic heterocycles. The summed E-state index contributed by atoms with van der Waals surface area (Å²) >= 11 is -2.11. The summed E-state index contributed by atoms with van der Waals surface area (Å²) in [7, 11) is 0. The lowest BCUT2D eigenvalue weighted by atomic mass is 10.4. The molecule has 1 saturated heterocycles. The Morgan fingerprint density at radius 3 is 2.75 bits per heavy atom. The number of nitrogens with zero attached hydrogens (tertiary/aromatic N) is 1. The van der Waals surface area contributed by atoms with E-state index in [0.29, 0.717) is 6.61 Å². The van der Waals surface area contributed by atoms with Gasteiger partial charge in [0.2, 0.25) is 0 Å². The number of nitrogens with one attached hydrogen (secondary N) is 1. The molecular formula is C6H14N2O3S. The van der Waals surface area contributed by atoms with Crippen LogP contribution in [0.25, 0.3) is 0 Å². The van der Waals surface area contributed by atoms with E-state index < -0.39 is 11.4 Å². The molecule has 1 atom stereocenters. The van der Waals surface area contributed by atoms with Crippen LogP contribution in [-0.2, 0) is 15.5 Å². The van der Waals surface area contributed by atoms with Crippen molar-refractivity contribution >= 4 is 11.4 Å². The highest BCUT2D eigenvalue weighted by atomic mass is 32.2. The zero-order chi connectivity index (χ0) is 8.81. The van der Waals surface area contributed by atoms with Gasteiger partial charge in [-0.05, 0) is 0 Å². The highest BCUT2D eigenvalue weighted by Crippen LogP contribution is 1.91. The van der Waals surface area contributed by atoms with E-state index in [4.69, 9.17) is 4.55 Å². The van der Waals surface area contributed by atoms with E-state index in [9.17, 15) is 4.21 Å². The fourth-order valence-corrected chi connectivity index (χ4v) is 1.39. The van der Waals surface area contributed by atoms with Crippen molar-refractivity contribution in [1.29, 1.82) is 0 Å². The normalized spacial score (nSPS) is 22.4. The fourth-order valence-electron chi connectivity index (χ4n) is 1.17. The molecule has 5 nitrogen and oxygen atoms in total. The van der Waals surface area contributed by atoms with Gasteiger partial charge in [0.05, 0.1) is 6.61 Å². The van der Waals surface area contributed by atoms with Crippen molar-refractivity contribution in [1.82, 2.24) is 10.2 Å². The van der Waals surface area contributed by atoms with Gasteiger partial charge in [0.25, 0.3) is 0 Å². The summed E-state index contributed by atoms with van der Waals surface area (Å²) in [4.78, 5) is 2.20. The van der Waals surface area contributed by atoms with Gasteiger partial charge in [-0.15, -0.1) is 0 Å². The van der Waals surface area contributed by atoms with E-state index in [0.717, 1.165) is 32.7 Å². The van der Waals surface area contributed by atoms with E-state index in [1.807, 2.05) is 0 Å². The van der Waals surface area contributed by atoms with Crippen LogP contribution in [0.4, 0.5) is 0 Å². The van der Waals surface area contributed by atoms with E-state index in [-0.39, 0.29) is 0 Å². The van der Waals surface area contributed by atoms with Crippen LogP contribution in [0.3, 0.4) is 0 Å². The molecular weight excluding hydrogens is 180 g/mol. The van der Waals surface area contributed by atoms with Gasteiger partial charge in [0, 0.05) is 32.7 Å². The van der Waals surface area contributed by atoms with E-state index in [2.05, 4.69) is 14.4 Å². The quantitative estimate of drug-likeness (QED) is 0.565. The van der Waals surface area contributed by atoms with Crippen LogP contribution in [0.2, 0.25) is 0 Å². The maximum Gasteiger partial charge on any atom is 0.301 e.